The quantitative estimate of drug-likeness (QED) is 0.555. The molecule has 0 aliphatic rings. The van der Waals surface area contributed by atoms with Gasteiger partial charge in [-0.05, 0) is 12.3 Å². The second-order valence-electron chi connectivity index (χ2n) is 4.51. The molecule has 0 aliphatic carbocycles. The van der Waals surface area contributed by atoms with Gasteiger partial charge in [-0.15, -0.1) is 0 Å². The van der Waals surface area contributed by atoms with Gasteiger partial charge in [-0.25, -0.2) is 5.84 Å². The van der Waals surface area contributed by atoms with Gasteiger partial charge >= 0.3 is 6.01 Å². The number of nitrogens with two attached hydrogens (primary N) is 1. The first kappa shape index (κ1) is 14.4. The Morgan fingerprint density at radius 2 is 2.06 bits per heavy atom. The fourth-order valence-corrected chi connectivity index (χ4v) is 1.47. The molecule has 0 aliphatic heterocycles. The number of hydrogen-bond donors (Lipinski definition) is 2. The summed E-state index contributed by atoms with van der Waals surface area (Å²) in [5.41, 5.74) is 2.42. The molecular weight excluding hydrogens is 232 g/mol. The molecule has 1 aromatic heterocycles. The van der Waals surface area contributed by atoms with E-state index >= 15 is 0 Å². The third-order valence-electron chi connectivity index (χ3n) is 2.15. The number of ether oxygens (including phenoxy) is 1. The maximum absolute atomic E-state index is 5.41. The van der Waals surface area contributed by atoms with Crippen molar-refractivity contribution in [1.29, 1.82) is 0 Å². The van der Waals surface area contributed by atoms with E-state index in [1.54, 1.807) is 0 Å². The highest BCUT2D eigenvalue weighted by atomic mass is 16.5. The molecule has 0 fully saturated rings. The fraction of sp³-hybridized carbons (Fsp3) is 0.727. The highest BCUT2D eigenvalue weighted by Gasteiger charge is 2.11. The van der Waals surface area contributed by atoms with Gasteiger partial charge in [-0.2, -0.15) is 15.0 Å². The second-order valence-corrected chi connectivity index (χ2v) is 4.51. The van der Waals surface area contributed by atoms with Gasteiger partial charge in [0.15, 0.2) is 0 Å². The highest BCUT2D eigenvalue weighted by Crippen LogP contribution is 2.14. The molecule has 18 heavy (non-hydrogen) atoms. The van der Waals surface area contributed by atoms with Crippen LogP contribution in [0.4, 0.5) is 11.9 Å². The SMILES string of the molecule is CCCOc1nc(NN)nc(N(C)CC(C)C)n1. The van der Waals surface area contributed by atoms with E-state index in [9.17, 15) is 0 Å². The summed E-state index contributed by atoms with van der Waals surface area (Å²) in [6.07, 6.45) is 0.897. The van der Waals surface area contributed by atoms with Crippen LogP contribution in [0, 0.1) is 5.92 Å². The van der Waals surface area contributed by atoms with E-state index < -0.39 is 0 Å². The summed E-state index contributed by atoms with van der Waals surface area (Å²) in [4.78, 5) is 14.5. The van der Waals surface area contributed by atoms with Gasteiger partial charge in [0.1, 0.15) is 0 Å². The fourth-order valence-electron chi connectivity index (χ4n) is 1.47. The number of anilines is 2. The van der Waals surface area contributed by atoms with E-state index in [1.807, 2.05) is 18.9 Å². The van der Waals surface area contributed by atoms with Crippen LogP contribution in [0.5, 0.6) is 6.01 Å². The van der Waals surface area contributed by atoms with Gasteiger partial charge in [0, 0.05) is 13.6 Å². The average molecular weight is 254 g/mol. The number of nitrogens with one attached hydrogen (secondary N) is 1. The van der Waals surface area contributed by atoms with Crippen molar-refractivity contribution in [2.24, 2.45) is 11.8 Å². The van der Waals surface area contributed by atoms with Crippen LogP contribution in [0.25, 0.3) is 0 Å². The zero-order chi connectivity index (χ0) is 13.5. The molecule has 1 heterocycles. The van der Waals surface area contributed by atoms with Crippen molar-refractivity contribution in [2.75, 3.05) is 30.5 Å². The number of rotatable bonds is 7. The number of nitrogen functional groups attached to an aromatic ring is 1. The van der Waals surface area contributed by atoms with Gasteiger partial charge in [0.05, 0.1) is 6.61 Å². The first-order chi connectivity index (χ1) is 8.56. The molecule has 0 saturated heterocycles. The van der Waals surface area contributed by atoms with E-state index in [4.69, 9.17) is 10.6 Å². The highest BCUT2D eigenvalue weighted by molar-refractivity contribution is 5.36. The second kappa shape index (κ2) is 6.95. The van der Waals surface area contributed by atoms with Crippen LogP contribution >= 0.6 is 0 Å². The van der Waals surface area contributed by atoms with Crippen molar-refractivity contribution in [3.63, 3.8) is 0 Å². The van der Waals surface area contributed by atoms with E-state index in [-0.39, 0.29) is 0 Å². The topological polar surface area (TPSA) is 89.2 Å². The Bertz CT molecular complexity index is 371. The van der Waals surface area contributed by atoms with Crippen molar-refractivity contribution in [3.8, 4) is 6.01 Å². The van der Waals surface area contributed by atoms with E-state index in [1.165, 1.54) is 0 Å². The minimum atomic E-state index is 0.297. The minimum absolute atomic E-state index is 0.297. The summed E-state index contributed by atoms with van der Waals surface area (Å²) in [5.74, 6) is 6.72. The van der Waals surface area contributed by atoms with Crippen LogP contribution in [0.2, 0.25) is 0 Å². The first-order valence-corrected chi connectivity index (χ1v) is 6.13. The van der Waals surface area contributed by atoms with Crippen LogP contribution in [-0.2, 0) is 0 Å². The lowest BCUT2D eigenvalue weighted by Gasteiger charge is -2.19. The van der Waals surface area contributed by atoms with Crippen LogP contribution in [-0.4, -0.2) is 35.2 Å². The third kappa shape index (κ3) is 4.33. The summed E-state index contributed by atoms with van der Waals surface area (Å²) in [7, 11) is 1.93. The molecule has 0 aromatic carbocycles. The molecule has 0 radical (unpaired) electrons. The summed E-state index contributed by atoms with van der Waals surface area (Å²) >= 11 is 0. The maximum Gasteiger partial charge on any atom is 0.323 e. The zero-order valence-electron chi connectivity index (χ0n) is 11.5. The number of hydrazine groups is 1. The van der Waals surface area contributed by atoms with E-state index in [2.05, 4.69) is 34.2 Å². The molecular formula is C11H22N6O. The molecule has 102 valence electrons. The zero-order valence-corrected chi connectivity index (χ0v) is 11.5. The molecule has 0 unspecified atom stereocenters. The van der Waals surface area contributed by atoms with Gasteiger partial charge in [0.2, 0.25) is 11.9 Å². The summed E-state index contributed by atoms with van der Waals surface area (Å²) < 4.78 is 5.41. The number of nitrogens with zero attached hydrogens (tertiary/aromatic N) is 4. The van der Waals surface area contributed by atoms with Crippen LogP contribution in [0.1, 0.15) is 27.2 Å². The van der Waals surface area contributed by atoms with Crippen molar-refractivity contribution in [2.45, 2.75) is 27.2 Å². The predicted molar refractivity (Wildman–Crippen MR) is 71.5 cm³/mol. The van der Waals surface area contributed by atoms with Gasteiger partial charge in [-0.3, -0.25) is 5.43 Å². The summed E-state index contributed by atoms with van der Waals surface area (Å²) in [5, 5.41) is 0. The third-order valence-corrected chi connectivity index (χ3v) is 2.15. The lowest BCUT2D eigenvalue weighted by Crippen LogP contribution is -2.26. The molecule has 1 aromatic rings. The molecule has 7 nitrogen and oxygen atoms in total. The Hall–Kier alpha value is -1.63. The largest absolute Gasteiger partial charge is 0.463 e. The summed E-state index contributed by atoms with van der Waals surface area (Å²) in [6.45, 7) is 7.71. The molecule has 0 amide bonds. The molecule has 0 atom stereocenters. The van der Waals surface area contributed by atoms with Crippen molar-refractivity contribution < 1.29 is 4.74 Å². The Morgan fingerprint density at radius 1 is 1.33 bits per heavy atom. The molecule has 3 N–H and O–H groups in total. The maximum atomic E-state index is 5.41. The summed E-state index contributed by atoms with van der Waals surface area (Å²) in [6, 6.07) is 0.297. The standard InChI is InChI=1S/C11H22N6O/c1-5-6-18-11-14-9(16-12)13-10(15-11)17(4)7-8(2)3/h8H,5-7,12H2,1-4H3,(H,13,14,15,16). The van der Waals surface area contributed by atoms with Crippen LogP contribution < -0.4 is 20.9 Å². The van der Waals surface area contributed by atoms with Crippen LogP contribution in [0.15, 0.2) is 0 Å². The lowest BCUT2D eigenvalue weighted by atomic mass is 10.2. The number of aromatic nitrogens is 3. The normalized spacial score (nSPS) is 10.6. The first-order valence-electron chi connectivity index (χ1n) is 6.13. The lowest BCUT2D eigenvalue weighted by molar-refractivity contribution is 0.292. The Labute approximate surface area is 108 Å². The average Bonchev–Trinajstić information content (AvgIpc) is 2.35. The molecule has 7 heteroatoms. The van der Waals surface area contributed by atoms with Gasteiger partial charge < -0.3 is 9.64 Å². The molecule has 1 rings (SSSR count). The predicted octanol–water partition coefficient (Wildman–Crippen LogP) is 1.04. The van der Waals surface area contributed by atoms with Gasteiger partial charge in [-0.1, -0.05) is 20.8 Å². The Kier molecular flexibility index (Phi) is 5.57. The molecule has 0 bridgehead atoms. The molecule has 0 saturated carbocycles. The molecule has 0 spiro atoms. The van der Waals surface area contributed by atoms with Crippen molar-refractivity contribution in [1.82, 2.24) is 15.0 Å². The number of hydrogen-bond acceptors (Lipinski definition) is 7. The van der Waals surface area contributed by atoms with Crippen molar-refractivity contribution in [3.05, 3.63) is 0 Å². The smallest absolute Gasteiger partial charge is 0.323 e. The monoisotopic (exact) mass is 254 g/mol. The van der Waals surface area contributed by atoms with Crippen LogP contribution in [0.3, 0.4) is 0 Å². The van der Waals surface area contributed by atoms with E-state index in [0.29, 0.717) is 30.4 Å². The Morgan fingerprint density at radius 3 is 2.61 bits per heavy atom. The van der Waals surface area contributed by atoms with E-state index in [0.717, 1.165) is 13.0 Å². The van der Waals surface area contributed by atoms with Gasteiger partial charge in [0.25, 0.3) is 0 Å². The van der Waals surface area contributed by atoms with Crippen molar-refractivity contribution >= 4 is 11.9 Å². The minimum Gasteiger partial charge on any atom is -0.463 e. The Balaban J connectivity index is 2.88.